The lowest BCUT2D eigenvalue weighted by Gasteiger charge is -2.07. The molecule has 7 nitrogen and oxygen atoms in total. The maximum Gasteiger partial charge on any atom is 0.216 e. The number of rotatable bonds is 7. The Hall–Kier alpha value is -1.60. The van der Waals surface area contributed by atoms with E-state index in [0.717, 1.165) is 25.1 Å². The van der Waals surface area contributed by atoms with Gasteiger partial charge in [-0.25, -0.2) is 15.8 Å². The summed E-state index contributed by atoms with van der Waals surface area (Å²) >= 11 is 0. The number of oxazole rings is 1. The average molecular weight is 255 g/mol. The van der Waals surface area contributed by atoms with Crippen LogP contribution in [0.2, 0.25) is 0 Å². The quantitative estimate of drug-likeness (QED) is 0.211. The first-order valence-electron chi connectivity index (χ1n) is 5.97. The predicted octanol–water partition coefficient (Wildman–Crippen LogP) is 0.182. The molecule has 0 aliphatic heterocycles. The average Bonchev–Trinajstić information content (AvgIpc) is 2.86. The van der Waals surface area contributed by atoms with Gasteiger partial charge in [-0.1, -0.05) is 6.92 Å². The number of methoxy groups -OCH3 is 1. The summed E-state index contributed by atoms with van der Waals surface area (Å²) in [6.07, 6.45) is 3.43. The van der Waals surface area contributed by atoms with Crippen LogP contribution in [0.15, 0.2) is 15.6 Å². The van der Waals surface area contributed by atoms with E-state index in [-0.39, 0.29) is 0 Å². The summed E-state index contributed by atoms with van der Waals surface area (Å²) < 4.78 is 10.4. The molecule has 18 heavy (non-hydrogen) atoms. The van der Waals surface area contributed by atoms with Gasteiger partial charge in [-0.15, -0.1) is 0 Å². The summed E-state index contributed by atoms with van der Waals surface area (Å²) in [6.45, 7) is 3.81. The Kier molecular flexibility index (Phi) is 6.82. The van der Waals surface area contributed by atoms with Crippen molar-refractivity contribution in [2.45, 2.75) is 26.3 Å². The van der Waals surface area contributed by atoms with Gasteiger partial charge in [0.1, 0.15) is 12.3 Å². The van der Waals surface area contributed by atoms with Crippen molar-refractivity contribution in [2.75, 3.05) is 20.3 Å². The van der Waals surface area contributed by atoms with E-state index >= 15 is 0 Å². The van der Waals surface area contributed by atoms with E-state index in [9.17, 15) is 0 Å². The minimum Gasteiger partial charge on any atom is -0.444 e. The number of hydrogen-bond acceptors (Lipinski definition) is 5. The molecular formula is C11H21N5O2. The molecule has 0 saturated heterocycles. The van der Waals surface area contributed by atoms with Crippen molar-refractivity contribution in [2.24, 2.45) is 10.8 Å². The largest absolute Gasteiger partial charge is 0.444 e. The van der Waals surface area contributed by atoms with Gasteiger partial charge in [0, 0.05) is 26.7 Å². The molecule has 1 aromatic rings. The molecule has 1 aromatic heterocycles. The lowest BCUT2D eigenvalue weighted by Crippen LogP contribution is -2.42. The molecule has 0 radical (unpaired) electrons. The number of aromatic nitrogens is 1. The molecule has 102 valence electrons. The van der Waals surface area contributed by atoms with Crippen LogP contribution in [0.25, 0.3) is 0 Å². The maximum atomic E-state index is 5.44. The Morgan fingerprint density at radius 1 is 1.61 bits per heavy atom. The molecule has 0 aliphatic rings. The topological polar surface area (TPSA) is 97.7 Å². The summed E-state index contributed by atoms with van der Waals surface area (Å²) in [7, 11) is 1.67. The monoisotopic (exact) mass is 255 g/mol. The number of ether oxygens (including phenoxy) is 1. The fourth-order valence-electron chi connectivity index (χ4n) is 1.31. The molecule has 0 atom stereocenters. The highest BCUT2D eigenvalue weighted by atomic mass is 16.5. The third-order valence-corrected chi connectivity index (χ3v) is 2.28. The molecule has 0 bridgehead atoms. The van der Waals surface area contributed by atoms with Gasteiger partial charge in [-0.3, -0.25) is 5.43 Å². The predicted molar refractivity (Wildman–Crippen MR) is 68.8 cm³/mol. The van der Waals surface area contributed by atoms with Gasteiger partial charge in [0.05, 0.1) is 6.20 Å². The van der Waals surface area contributed by atoms with E-state index in [0.29, 0.717) is 25.0 Å². The summed E-state index contributed by atoms with van der Waals surface area (Å²) in [5.41, 5.74) is 2.50. The van der Waals surface area contributed by atoms with Gasteiger partial charge >= 0.3 is 0 Å². The Labute approximate surface area is 107 Å². The first-order valence-corrected chi connectivity index (χ1v) is 5.97. The fraction of sp³-hybridized carbons (Fsp3) is 0.636. The molecule has 1 rings (SSSR count). The van der Waals surface area contributed by atoms with Crippen molar-refractivity contribution >= 4 is 5.96 Å². The maximum absolute atomic E-state index is 5.44. The Morgan fingerprint density at radius 2 is 2.44 bits per heavy atom. The minimum atomic E-state index is 0.358. The summed E-state index contributed by atoms with van der Waals surface area (Å²) in [4.78, 5) is 8.34. The zero-order valence-electron chi connectivity index (χ0n) is 10.9. The molecule has 7 heteroatoms. The van der Waals surface area contributed by atoms with Crippen molar-refractivity contribution < 1.29 is 9.15 Å². The normalized spacial score (nSPS) is 11.6. The van der Waals surface area contributed by atoms with Crippen LogP contribution in [0.5, 0.6) is 0 Å². The second kappa shape index (κ2) is 8.48. The number of nitrogens with zero attached hydrogens (tertiary/aromatic N) is 2. The van der Waals surface area contributed by atoms with Gasteiger partial charge in [0.2, 0.25) is 11.9 Å². The zero-order chi connectivity index (χ0) is 13.2. The van der Waals surface area contributed by atoms with E-state index in [2.05, 4.69) is 20.7 Å². The van der Waals surface area contributed by atoms with Crippen molar-refractivity contribution in [3.63, 3.8) is 0 Å². The molecule has 0 unspecified atom stereocenters. The molecule has 0 amide bonds. The highest BCUT2D eigenvalue weighted by Crippen LogP contribution is 2.04. The first kappa shape index (κ1) is 14.5. The summed E-state index contributed by atoms with van der Waals surface area (Å²) in [5.74, 6) is 7.31. The van der Waals surface area contributed by atoms with Crippen molar-refractivity contribution in [3.8, 4) is 0 Å². The number of guanidine groups is 1. The molecule has 0 aliphatic carbocycles. The Bertz CT molecular complexity index is 364. The van der Waals surface area contributed by atoms with Gasteiger partial charge in [0.15, 0.2) is 0 Å². The van der Waals surface area contributed by atoms with Gasteiger partial charge in [0.25, 0.3) is 0 Å². The highest BCUT2D eigenvalue weighted by Gasteiger charge is 2.02. The second-order valence-corrected chi connectivity index (χ2v) is 3.66. The number of hydrogen-bond donors (Lipinski definition) is 3. The molecular weight excluding hydrogens is 234 g/mol. The van der Waals surface area contributed by atoms with Gasteiger partial charge in [-0.2, -0.15) is 0 Å². The first-order chi connectivity index (χ1) is 8.80. The smallest absolute Gasteiger partial charge is 0.216 e. The van der Waals surface area contributed by atoms with Gasteiger partial charge < -0.3 is 14.5 Å². The molecule has 0 aromatic carbocycles. The van der Waals surface area contributed by atoms with Crippen LogP contribution in [0.4, 0.5) is 0 Å². The van der Waals surface area contributed by atoms with Crippen molar-refractivity contribution in [1.29, 1.82) is 0 Å². The minimum absolute atomic E-state index is 0.358. The van der Waals surface area contributed by atoms with E-state index < -0.39 is 0 Å². The number of nitrogens with one attached hydrogen (secondary N) is 2. The van der Waals surface area contributed by atoms with E-state index in [1.165, 1.54) is 0 Å². The lowest BCUT2D eigenvalue weighted by atomic mass is 10.4. The highest BCUT2D eigenvalue weighted by molar-refractivity contribution is 5.79. The molecule has 0 spiro atoms. The fourth-order valence-corrected chi connectivity index (χ4v) is 1.31. The third kappa shape index (κ3) is 5.15. The molecule has 1 heterocycles. The Balaban J connectivity index is 2.36. The van der Waals surface area contributed by atoms with Crippen LogP contribution in [-0.2, 0) is 17.7 Å². The SMILES string of the molecule is CCc1cnc(CN=C(NN)NCCCOC)o1. The van der Waals surface area contributed by atoms with Crippen LogP contribution < -0.4 is 16.6 Å². The molecule has 0 fully saturated rings. The van der Waals surface area contributed by atoms with Crippen molar-refractivity contribution in [3.05, 3.63) is 17.8 Å². The van der Waals surface area contributed by atoms with Crippen LogP contribution in [0, 0.1) is 0 Å². The van der Waals surface area contributed by atoms with E-state index in [1.54, 1.807) is 13.3 Å². The van der Waals surface area contributed by atoms with E-state index in [1.807, 2.05) is 6.92 Å². The van der Waals surface area contributed by atoms with Crippen LogP contribution in [-0.4, -0.2) is 31.2 Å². The summed E-state index contributed by atoms with van der Waals surface area (Å²) in [6, 6.07) is 0. The number of aryl methyl sites for hydroxylation is 1. The second-order valence-electron chi connectivity index (χ2n) is 3.66. The van der Waals surface area contributed by atoms with Crippen molar-refractivity contribution in [1.82, 2.24) is 15.7 Å². The zero-order valence-corrected chi connectivity index (χ0v) is 10.9. The molecule has 0 saturated carbocycles. The summed E-state index contributed by atoms with van der Waals surface area (Å²) in [5, 5.41) is 3.06. The number of aliphatic imine (C=N–C) groups is 1. The van der Waals surface area contributed by atoms with Gasteiger partial charge in [-0.05, 0) is 6.42 Å². The number of nitrogens with two attached hydrogens (primary N) is 1. The third-order valence-electron chi connectivity index (χ3n) is 2.28. The van der Waals surface area contributed by atoms with Crippen LogP contribution >= 0.6 is 0 Å². The van der Waals surface area contributed by atoms with Crippen LogP contribution in [0.1, 0.15) is 25.0 Å². The van der Waals surface area contributed by atoms with E-state index in [4.69, 9.17) is 15.0 Å². The molecule has 4 N–H and O–H groups in total. The lowest BCUT2D eigenvalue weighted by molar-refractivity contribution is 0.195. The standard InChI is InChI=1S/C11H21N5O2/c1-3-9-7-14-10(18-9)8-15-11(16-12)13-5-4-6-17-2/h7H,3-6,8,12H2,1-2H3,(H2,13,15,16). The number of hydrazine groups is 1. The van der Waals surface area contributed by atoms with Crippen LogP contribution in [0.3, 0.4) is 0 Å². The Morgan fingerprint density at radius 3 is 3.06 bits per heavy atom.